The van der Waals surface area contributed by atoms with Gasteiger partial charge in [0.1, 0.15) is 18.3 Å². The first-order valence-electron chi connectivity index (χ1n) is 9.27. The summed E-state index contributed by atoms with van der Waals surface area (Å²) >= 11 is 0. The summed E-state index contributed by atoms with van der Waals surface area (Å²) in [4.78, 5) is 27.7. The molecule has 4 rings (SSSR count). The maximum absolute atomic E-state index is 12.7. The first kappa shape index (κ1) is 18.6. The second-order valence-electron chi connectivity index (χ2n) is 6.94. The number of aryl methyl sites for hydroxylation is 1. The van der Waals surface area contributed by atoms with Crippen molar-refractivity contribution in [3.63, 3.8) is 0 Å². The molecule has 1 fully saturated rings. The SMILES string of the molecule is Cc1ccc(C(=O)N2CCN(c3ccc(-n4cnnc4)cc3[N+](=O)[O-])CC2)cc1. The molecule has 0 bridgehead atoms. The number of anilines is 1. The number of amides is 1. The van der Waals surface area contributed by atoms with Crippen LogP contribution in [0.5, 0.6) is 0 Å². The minimum absolute atomic E-state index is 0.0119. The average Bonchev–Trinajstić information content (AvgIpc) is 3.28. The lowest BCUT2D eigenvalue weighted by Gasteiger charge is -2.36. The van der Waals surface area contributed by atoms with Crippen LogP contribution in [-0.4, -0.2) is 56.7 Å². The number of hydrogen-bond acceptors (Lipinski definition) is 6. The number of nitro benzene ring substituents is 1. The Balaban J connectivity index is 1.50. The van der Waals surface area contributed by atoms with Gasteiger partial charge >= 0.3 is 0 Å². The molecule has 0 saturated carbocycles. The van der Waals surface area contributed by atoms with Gasteiger partial charge in [0, 0.05) is 37.8 Å². The smallest absolute Gasteiger partial charge is 0.294 e. The quantitative estimate of drug-likeness (QED) is 0.500. The van der Waals surface area contributed by atoms with Crippen LogP contribution in [0.3, 0.4) is 0 Å². The Morgan fingerprint density at radius 3 is 2.28 bits per heavy atom. The summed E-state index contributed by atoms with van der Waals surface area (Å²) in [5.41, 5.74) is 2.96. The van der Waals surface area contributed by atoms with E-state index in [2.05, 4.69) is 10.2 Å². The normalized spacial score (nSPS) is 14.1. The largest absolute Gasteiger partial charge is 0.362 e. The summed E-state index contributed by atoms with van der Waals surface area (Å²) in [5.74, 6) is -0.0119. The van der Waals surface area contributed by atoms with E-state index in [0.717, 1.165) is 5.56 Å². The van der Waals surface area contributed by atoms with Crippen LogP contribution >= 0.6 is 0 Å². The van der Waals surface area contributed by atoms with Gasteiger partial charge in [-0.2, -0.15) is 0 Å². The molecular weight excluding hydrogens is 372 g/mol. The van der Waals surface area contributed by atoms with E-state index in [4.69, 9.17) is 0 Å². The van der Waals surface area contributed by atoms with E-state index >= 15 is 0 Å². The van der Waals surface area contributed by atoms with E-state index in [1.807, 2.05) is 36.1 Å². The molecule has 9 heteroatoms. The van der Waals surface area contributed by atoms with Gasteiger partial charge in [-0.1, -0.05) is 17.7 Å². The average molecular weight is 392 g/mol. The zero-order valence-electron chi connectivity index (χ0n) is 15.9. The first-order chi connectivity index (χ1) is 14.0. The number of aromatic nitrogens is 3. The van der Waals surface area contributed by atoms with E-state index in [9.17, 15) is 14.9 Å². The fourth-order valence-corrected chi connectivity index (χ4v) is 3.45. The maximum atomic E-state index is 12.7. The predicted molar refractivity (Wildman–Crippen MR) is 107 cm³/mol. The Hall–Kier alpha value is -3.75. The van der Waals surface area contributed by atoms with Crippen molar-refractivity contribution in [3.05, 3.63) is 76.4 Å². The summed E-state index contributed by atoms with van der Waals surface area (Å²) in [5, 5.41) is 19.1. The van der Waals surface area contributed by atoms with Crippen molar-refractivity contribution in [2.45, 2.75) is 6.92 Å². The maximum Gasteiger partial charge on any atom is 0.294 e. The first-order valence-corrected chi connectivity index (χ1v) is 9.27. The summed E-state index contributed by atoms with van der Waals surface area (Å²) in [6.07, 6.45) is 2.99. The third-order valence-electron chi connectivity index (χ3n) is 5.08. The molecule has 148 valence electrons. The van der Waals surface area contributed by atoms with Crippen LogP contribution in [-0.2, 0) is 0 Å². The van der Waals surface area contributed by atoms with Gasteiger partial charge in [-0.05, 0) is 31.2 Å². The van der Waals surface area contributed by atoms with E-state index in [-0.39, 0.29) is 16.5 Å². The molecule has 0 aliphatic carbocycles. The van der Waals surface area contributed by atoms with Gasteiger partial charge < -0.3 is 9.80 Å². The van der Waals surface area contributed by atoms with Crippen molar-refractivity contribution in [2.75, 3.05) is 31.1 Å². The number of nitrogens with zero attached hydrogens (tertiary/aromatic N) is 6. The highest BCUT2D eigenvalue weighted by Gasteiger charge is 2.26. The van der Waals surface area contributed by atoms with Crippen LogP contribution in [0.4, 0.5) is 11.4 Å². The topological polar surface area (TPSA) is 97.4 Å². The molecule has 9 nitrogen and oxygen atoms in total. The van der Waals surface area contributed by atoms with Crippen LogP contribution in [0, 0.1) is 17.0 Å². The third-order valence-corrected chi connectivity index (χ3v) is 5.08. The Kier molecular flexibility index (Phi) is 4.94. The molecule has 0 atom stereocenters. The number of piperazine rings is 1. The molecule has 1 aliphatic rings. The monoisotopic (exact) mass is 392 g/mol. The molecule has 2 heterocycles. The van der Waals surface area contributed by atoms with Crippen molar-refractivity contribution < 1.29 is 9.72 Å². The Labute approximate surface area is 167 Å². The number of carbonyl (C=O) groups is 1. The van der Waals surface area contributed by atoms with Gasteiger partial charge in [0.15, 0.2) is 0 Å². The van der Waals surface area contributed by atoms with E-state index in [1.165, 1.54) is 18.7 Å². The molecule has 0 radical (unpaired) electrons. The van der Waals surface area contributed by atoms with Crippen molar-refractivity contribution in [3.8, 4) is 5.69 Å². The second kappa shape index (κ2) is 7.70. The molecule has 1 saturated heterocycles. The van der Waals surface area contributed by atoms with Crippen LogP contribution in [0.15, 0.2) is 55.1 Å². The van der Waals surface area contributed by atoms with Gasteiger partial charge in [0.2, 0.25) is 0 Å². The number of hydrogen-bond donors (Lipinski definition) is 0. The Morgan fingerprint density at radius 1 is 1.00 bits per heavy atom. The zero-order valence-corrected chi connectivity index (χ0v) is 15.9. The second-order valence-corrected chi connectivity index (χ2v) is 6.94. The Morgan fingerprint density at radius 2 is 1.66 bits per heavy atom. The summed E-state index contributed by atoms with van der Waals surface area (Å²) in [7, 11) is 0. The molecule has 0 N–H and O–H groups in total. The molecule has 3 aromatic rings. The van der Waals surface area contributed by atoms with Gasteiger partial charge in [-0.3, -0.25) is 19.5 Å². The predicted octanol–water partition coefficient (Wildman–Crippen LogP) is 2.45. The minimum atomic E-state index is -0.382. The number of rotatable bonds is 4. The van der Waals surface area contributed by atoms with E-state index < -0.39 is 0 Å². The Bertz CT molecular complexity index is 1020. The minimum Gasteiger partial charge on any atom is -0.362 e. The molecule has 2 aromatic carbocycles. The third kappa shape index (κ3) is 3.79. The number of benzene rings is 2. The number of carbonyl (C=O) groups excluding carboxylic acids is 1. The van der Waals surface area contributed by atoms with E-state index in [0.29, 0.717) is 43.1 Å². The van der Waals surface area contributed by atoms with Crippen molar-refractivity contribution in [1.29, 1.82) is 0 Å². The molecule has 0 spiro atoms. The lowest BCUT2D eigenvalue weighted by Crippen LogP contribution is -2.49. The van der Waals surface area contributed by atoms with Crippen LogP contribution < -0.4 is 4.90 Å². The molecule has 1 aromatic heterocycles. The highest BCUT2D eigenvalue weighted by molar-refractivity contribution is 5.94. The molecule has 1 aliphatic heterocycles. The van der Waals surface area contributed by atoms with Gasteiger partial charge in [0.25, 0.3) is 11.6 Å². The van der Waals surface area contributed by atoms with Crippen molar-refractivity contribution in [1.82, 2.24) is 19.7 Å². The highest BCUT2D eigenvalue weighted by atomic mass is 16.6. The van der Waals surface area contributed by atoms with Crippen LogP contribution in [0.1, 0.15) is 15.9 Å². The van der Waals surface area contributed by atoms with Crippen molar-refractivity contribution >= 4 is 17.3 Å². The van der Waals surface area contributed by atoms with Crippen LogP contribution in [0.25, 0.3) is 5.69 Å². The molecule has 0 unspecified atom stereocenters. The lowest BCUT2D eigenvalue weighted by atomic mass is 10.1. The van der Waals surface area contributed by atoms with E-state index in [1.54, 1.807) is 21.6 Å². The fraction of sp³-hybridized carbons (Fsp3) is 0.250. The molecule has 29 heavy (non-hydrogen) atoms. The standard InChI is InChI=1S/C20H20N6O3/c1-15-2-4-16(5-3-15)20(27)24-10-8-23(9-11-24)18-7-6-17(12-19(18)26(28)29)25-13-21-22-14-25/h2-7,12-14H,8-11H2,1H3. The van der Waals surface area contributed by atoms with Gasteiger partial charge in [0.05, 0.1) is 10.6 Å². The van der Waals surface area contributed by atoms with Gasteiger partial charge in [-0.15, -0.1) is 10.2 Å². The molecule has 1 amide bonds. The van der Waals surface area contributed by atoms with Crippen molar-refractivity contribution in [2.24, 2.45) is 0 Å². The lowest BCUT2D eigenvalue weighted by molar-refractivity contribution is -0.384. The fourth-order valence-electron chi connectivity index (χ4n) is 3.45. The van der Waals surface area contributed by atoms with Crippen LogP contribution in [0.2, 0.25) is 0 Å². The highest BCUT2D eigenvalue weighted by Crippen LogP contribution is 2.31. The summed E-state index contributed by atoms with van der Waals surface area (Å²) < 4.78 is 1.62. The summed E-state index contributed by atoms with van der Waals surface area (Å²) in [6.45, 7) is 4.07. The number of nitro groups is 1. The zero-order chi connectivity index (χ0) is 20.4. The summed E-state index contributed by atoms with van der Waals surface area (Å²) in [6, 6.07) is 12.6. The van der Waals surface area contributed by atoms with Gasteiger partial charge in [-0.25, -0.2) is 0 Å². The molecular formula is C20H20N6O3.